The van der Waals surface area contributed by atoms with E-state index in [1.807, 2.05) is 0 Å². The van der Waals surface area contributed by atoms with Gasteiger partial charge in [-0.15, -0.1) is 10.2 Å². The lowest BCUT2D eigenvalue weighted by molar-refractivity contribution is -0.137. The maximum absolute atomic E-state index is 12.8. The van der Waals surface area contributed by atoms with Crippen molar-refractivity contribution in [3.05, 3.63) is 57.3 Å². The maximum atomic E-state index is 12.8. The van der Waals surface area contributed by atoms with E-state index >= 15 is 0 Å². The third-order valence-electron chi connectivity index (χ3n) is 5.00. The fourth-order valence-electron chi connectivity index (χ4n) is 3.47. The molecule has 1 heterocycles. The van der Waals surface area contributed by atoms with Crippen LogP contribution in [0.2, 0.25) is 0 Å². The Morgan fingerprint density at radius 2 is 1.93 bits per heavy atom. The summed E-state index contributed by atoms with van der Waals surface area (Å²) in [5, 5.41) is 10.7. The smallest absolute Gasteiger partial charge is 0.353 e. The second kappa shape index (κ2) is 9.19. The van der Waals surface area contributed by atoms with Crippen LogP contribution in [0.5, 0.6) is 0 Å². The van der Waals surface area contributed by atoms with Crippen molar-refractivity contribution in [2.45, 2.75) is 63.6 Å². The number of nitrogens with one attached hydrogen (secondary N) is 2. The van der Waals surface area contributed by atoms with Crippen molar-refractivity contribution in [1.29, 1.82) is 0 Å². The van der Waals surface area contributed by atoms with Crippen LogP contribution in [0.1, 0.15) is 61.2 Å². The number of benzene rings is 1. The summed E-state index contributed by atoms with van der Waals surface area (Å²) in [7, 11) is 0. The Morgan fingerprint density at radius 3 is 2.62 bits per heavy atom. The van der Waals surface area contributed by atoms with Crippen LogP contribution in [0.15, 0.2) is 29.1 Å². The van der Waals surface area contributed by atoms with Gasteiger partial charge in [0.15, 0.2) is 0 Å². The van der Waals surface area contributed by atoms with Crippen molar-refractivity contribution >= 4 is 5.91 Å². The van der Waals surface area contributed by atoms with Gasteiger partial charge in [0.25, 0.3) is 5.56 Å². The van der Waals surface area contributed by atoms with Crippen molar-refractivity contribution in [3.8, 4) is 0 Å². The van der Waals surface area contributed by atoms with Gasteiger partial charge in [-0.1, -0.05) is 37.5 Å². The zero-order valence-electron chi connectivity index (χ0n) is 15.9. The number of hydrogen-bond donors (Lipinski definition) is 2. The van der Waals surface area contributed by atoms with Gasteiger partial charge in [0, 0.05) is 25.3 Å². The van der Waals surface area contributed by atoms with Crippen LogP contribution < -0.4 is 10.9 Å². The molecule has 0 atom stereocenters. The van der Waals surface area contributed by atoms with E-state index in [9.17, 15) is 22.8 Å². The lowest BCUT2D eigenvalue weighted by Crippen LogP contribution is -2.36. The van der Waals surface area contributed by atoms with Crippen LogP contribution in [0, 0.1) is 0 Å². The number of aryl methyl sites for hydroxylation is 1. The predicted molar refractivity (Wildman–Crippen MR) is 100 cm³/mol. The van der Waals surface area contributed by atoms with E-state index in [0.717, 1.165) is 37.8 Å². The summed E-state index contributed by atoms with van der Waals surface area (Å²) >= 11 is 0. The van der Waals surface area contributed by atoms with Crippen LogP contribution in [0.25, 0.3) is 0 Å². The Labute approximate surface area is 165 Å². The highest BCUT2D eigenvalue weighted by Gasteiger charge is 2.30. The number of halogens is 3. The molecule has 1 aliphatic rings. The minimum Gasteiger partial charge on any atom is -0.353 e. The van der Waals surface area contributed by atoms with E-state index in [4.69, 9.17) is 0 Å². The van der Waals surface area contributed by atoms with Crippen LogP contribution in [0.3, 0.4) is 0 Å². The number of rotatable bonds is 6. The molecule has 1 aromatic heterocycles. The van der Waals surface area contributed by atoms with Crippen LogP contribution in [-0.2, 0) is 23.8 Å². The number of aromatic amines is 1. The summed E-state index contributed by atoms with van der Waals surface area (Å²) < 4.78 is 38.4. The molecule has 2 N–H and O–H groups in total. The lowest BCUT2D eigenvalue weighted by atomic mass is 9.95. The van der Waals surface area contributed by atoms with E-state index in [-0.39, 0.29) is 42.7 Å². The molecule has 0 radical (unpaired) electrons. The number of amides is 1. The third kappa shape index (κ3) is 6.13. The number of hydrogen-bond acceptors (Lipinski definition) is 4. The van der Waals surface area contributed by atoms with Gasteiger partial charge in [0.2, 0.25) is 5.91 Å². The minimum atomic E-state index is -4.43. The molecule has 29 heavy (non-hydrogen) atoms. The molecular formula is C20H23F3N4O2. The first-order valence-electron chi connectivity index (χ1n) is 9.71. The summed E-state index contributed by atoms with van der Waals surface area (Å²) in [5.74, 6) is 0.0517. The van der Waals surface area contributed by atoms with E-state index < -0.39 is 17.3 Å². The normalized spacial score (nSPS) is 15.3. The fourth-order valence-corrected chi connectivity index (χ4v) is 3.47. The number of aromatic nitrogens is 3. The van der Waals surface area contributed by atoms with Crippen molar-refractivity contribution in [1.82, 2.24) is 20.5 Å². The number of nitrogens with zero attached hydrogens (tertiary/aromatic N) is 2. The first-order valence-corrected chi connectivity index (χ1v) is 9.71. The summed E-state index contributed by atoms with van der Waals surface area (Å²) in [4.78, 5) is 26.8. The number of alkyl halides is 3. The summed E-state index contributed by atoms with van der Waals surface area (Å²) in [6, 6.07) is 5.04. The van der Waals surface area contributed by atoms with Gasteiger partial charge in [0.1, 0.15) is 11.5 Å². The molecule has 3 rings (SSSR count). The molecule has 6 nitrogen and oxygen atoms in total. The van der Waals surface area contributed by atoms with Crippen molar-refractivity contribution in [2.24, 2.45) is 0 Å². The van der Waals surface area contributed by atoms with E-state index in [1.54, 1.807) is 0 Å². The molecule has 0 aliphatic heterocycles. The predicted octanol–water partition coefficient (Wildman–Crippen LogP) is 3.16. The highest BCUT2D eigenvalue weighted by molar-refractivity contribution is 5.76. The third-order valence-corrected chi connectivity index (χ3v) is 5.00. The monoisotopic (exact) mass is 408 g/mol. The first-order chi connectivity index (χ1) is 13.8. The zero-order valence-corrected chi connectivity index (χ0v) is 15.9. The average molecular weight is 408 g/mol. The first kappa shape index (κ1) is 21.0. The topological polar surface area (TPSA) is 87.7 Å². The number of carbonyl (C=O) groups is 1. The highest BCUT2D eigenvalue weighted by Crippen LogP contribution is 2.29. The Bertz CT molecular complexity index is 905. The number of H-pyrrole nitrogens is 1. The molecule has 0 bridgehead atoms. The summed E-state index contributed by atoms with van der Waals surface area (Å²) in [6.45, 7) is 0. The quantitative estimate of drug-likeness (QED) is 0.769. The van der Waals surface area contributed by atoms with E-state index in [0.29, 0.717) is 5.56 Å². The Hall–Kier alpha value is -2.71. The van der Waals surface area contributed by atoms with E-state index in [1.165, 1.54) is 18.6 Å². The van der Waals surface area contributed by atoms with Gasteiger partial charge < -0.3 is 10.3 Å². The maximum Gasteiger partial charge on any atom is 0.416 e. The minimum absolute atomic E-state index is 0.0224. The van der Waals surface area contributed by atoms with Crippen LogP contribution in [-0.4, -0.2) is 27.1 Å². The Kier molecular flexibility index (Phi) is 6.66. The molecule has 0 spiro atoms. The van der Waals surface area contributed by atoms with Crippen LogP contribution >= 0.6 is 0 Å². The molecule has 9 heteroatoms. The van der Waals surface area contributed by atoms with Crippen molar-refractivity contribution in [3.63, 3.8) is 0 Å². The largest absolute Gasteiger partial charge is 0.416 e. The van der Waals surface area contributed by atoms with Gasteiger partial charge >= 0.3 is 6.18 Å². The second-order valence-corrected chi connectivity index (χ2v) is 7.32. The summed E-state index contributed by atoms with van der Waals surface area (Å²) in [5.41, 5.74) is -0.737. The van der Waals surface area contributed by atoms with Crippen molar-refractivity contribution in [2.75, 3.05) is 0 Å². The molecular weight excluding hydrogens is 385 g/mol. The molecule has 0 saturated heterocycles. The average Bonchev–Trinajstić information content (AvgIpc) is 2.68. The zero-order chi connectivity index (χ0) is 20.9. The molecule has 1 amide bonds. The molecule has 1 saturated carbocycles. The van der Waals surface area contributed by atoms with Gasteiger partial charge in [-0.25, -0.2) is 0 Å². The molecule has 1 aliphatic carbocycles. The SMILES string of the molecule is O=C(CCc1nnc(Cc2cccc(C(F)(F)F)c2)[nH]c1=O)NC1CCCCC1. The highest BCUT2D eigenvalue weighted by atomic mass is 19.4. The molecule has 156 valence electrons. The van der Waals surface area contributed by atoms with Gasteiger partial charge in [0.05, 0.1) is 5.56 Å². The van der Waals surface area contributed by atoms with Crippen LogP contribution in [0.4, 0.5) is 13.2 Å². The van der Waals surface area contributed by atoms with Gasteiger partial charge in [-0.2, -0.15) is 13.2 Å². The molecule has 1 aromatic carbocycles. The molecule has 1 fully saturated rings. The summed E-state index contributed by atoms with van der Waals surface area (Å²) in [6.07, 6.45) is 1.28. The Morgan fingerprint density at radius 1 is 1.17 bits per heavy atom. The van der Waals surface area contributed by atoms with Gasteiger partial charge in [-0.05, 0) is 24.5 Å². The fraction of sp³-hybridized carbons (Fsp3) is 0.500. The molecule has 2 aromatic rings. The Balaban J connectivity index is 1.57. The molecule has 0 unspecified atom stereocenters. The lowest BCUT2D eigenvalue weighted by Gasteiger charge is -2.22. The standard InChI is InChI=1S/C20H23F3N4O2/c21-20(22,23)14-6-4-5-13(11-14)12-17-25-19(29)16(26-27-17)9-10-18(28)24-15-7-2-1-3-8-15/h4-6,11,15H,1-3,7-10,12H2,(H,24,28)(H,25,27,29). The second-order valence-electron chi connectivity index (χ2n) is 7.32. The van der Waals surface area contributed by atoms with Crippen molar-refractivity contribution < 1.29 is 18.0 Å². The van der Waals surface area contributed by atoms with E-state index in [2.05, 4.69) is 20.5 Å². The van der Waals surface area contributed by atoms with Gasteiger partial charge in [-0.3, -0.25) is 9.59 Å². The number of carbonyl (C=O) groups excluding carboxylic acids is 1.